The Morgan fingerprint density at radius 1 is 1.27 bits per heavy atom. The van der Waals surface area contributed by atoms with Crippen molar-refractivity contribution >= 4 is 17.6 Å². The molecule has 1 atom stereocenters. The number of benzene rings is 1. The Morgan fingerprint density at radius 3 is 2.55 bits per heavy atom. The molecule has 22 heavy (non-hydrogen) atoms. The van der Waals surface area contributed by atoms with E-state index in [1.54, 1.807) is 0 Å². The smallest absolute Gasteiger partial charge is 0.306 e. The normalized spacial score (nSPS) is 16.3. The maximum Gasteiger partial charge on any atom is 0.306 e. The third-order valence-electron chi connectivity index (χ3n) is 4.02. The van der Waals surface area contributed by atoms with E-state index in [2.05, 4.69) is 5.32 Å². The van der Waals surface area contributed by atoms with Crippen molar-refractivity contribution < 1.29 is 18.7 Å². The quantitative estimate of drug-likeness (QED) is 0.816. The van der Waals surface area contributed by atoms with Gasteiger partial charge >= 0.3 is 5.97 Å². The maximum absolute atomic E-state index is 12.8. The lowest BCUT2D eigenvalue weighted by Crippen LogP contribution is -2.30. The summed E-state index contributed by atoms with van der Waals surface area (Å²) in [7, 11) is 0. The minimum Gasteiger partial charge on any atom is -0.453 e. The molecule has 1 aromatic rings. The maximum atomic E-state index is 12.8. The minimum atomic E-state index is -0.860. The van der Waals surface area contributed by atoms with Crippen molar-refractivity contribution in [2.24, 2.45) is 5.92 Å². The summed E-state index contributed by atoms with van der Waals surface area (Å²) in [6, 6.07) is 5.44. The zero-order chi connectivity index (χ0) is 15.9. The molecule has 1 fully saturated rings. The van der Waals surface area contributed by atoms with Crippen molar-refractivity contribution in [2.75, 3.05) is 5.32 Å². The number of ether oxygens (including phenoxy) is 1. The molecule has 0 radical (unpaired) electrons. The fourth-order valence-corrected chi connectivity index (χ4v) is 2.71. The van der Waals surface area contributed by atoms with Gasteiger partial charge in [-0.25, -0.2) is 4.39 Å². The summed E-state index contributed by atoms with van der Waals surface area (Å²) in [6.45, 7) is 1.53. The average molecular weight is 307 g/mol. The van der Waals surface area contributed by atoms with Crippen LogP contribution in [0, 0.1) is 11.7 Å². The summed E-state index contributed by atoms with van der Waals surface area (Å²) in [5, 5.41) is 2.59. The van der Waals surface area contributed by atoms with E-state index in [1.165, 1.54) is 56.9 Å². The predicted molar refractivity (Wildman–Crippen MR) is 81.8 cm³/mol. The second-order valence-electron chi connectivity index (χ2n) is 5.82. The Morgan fingerprint density at radius 2 is 1.91 bits per heavy atom. The van der Waals surface area contributed by atoms with Crippen molar-refractivity contribution in [3.8, 4) is 0 Å². The molecule has 0 heterocycles. The van der Waals surface area contributed by atoms with Gasteiger partial charge in [0.1, 0.15) is 5.82 Å². The molecule has 1 aliphatic carbocycles. The number of esters is 1. The molecule has 1 saturated carbocycles. The average Bonchev–Trinajstić information content (AvgIpc) is 3.01. The summed E-state index contributed by atoms with van der Waals surface area (Å²) in [5.74, 6) is -0.505. The molecule has 5 heteroatoms. The Kier molecular flexibility index (Phi) is 5.92. The van der Waals surface area contributed by atoms with Crippen LogP contribution in [-0.4, -0.2) is 18.0 Å². The lowest BCUT2D eigenvalue weighted by atomic mass is 10.0. The van der Waals surface area contributed by atoms with Crippen LogP contribution in [0.25, 0.3) is 0 Å². The number of amides is 1. The second kappa shape index (κ2) is 7.92. The number of carbonyl (C=O) groups excluding carboxylic acids is 2. The monoisotopic (exact) mass is 307 g/mol. The van der Waals surface area contributed by atoms with Crippen LogP contribution >= 0.6 is 0 Å². The van der Waals surface area contributed by atoms with Crippen LogP contribution in [0.4, 0.5) is 10.1 Å². The van der Waals surface area contributed by atoms with Gasteiger partial charge in [-0.2, -0.15) is 0 Å². The Hall–Kier alpha value is -1.91. The molecule has 0 aliphatic heterocycles. The third kappa shape index (κ3) is 5.13. The van der Waals surface area contributed by atoms with E-state index >= 15 is 0 Å². The fraction of sp³-hybridized carbons (Fsp3) is 0.529. The summed E-state index contributed by atoms with van der Waals surface area (Å²) < 4.78 is 17.9. The van der Waals surface area contributed by atoms with Gasteiger partial charge in [-0.3, -0.25) is 9.59 Å². The number of carbonyl (C=O) groups is 2. The van der Waals surface area contributed by atoms with Gasteiger partial charge in [-0.15, -0.1) is 0 Å². The minimum absolute atomic E-state index is 0.339. The molecule has 2 rings (SSSR count). The topological polar surface area (TPSA) is 55.4 Å². The van der Waals surface area contributed by atoms with Gasteiger partial charge in [0, 0.05) is 12.1 Å². The van der Waals surface area contributed by atoms with Gasteiger partial charge in [0.15, 0.2) is 6.10 Å². The SMILES string of the molecule is C[C@H](OC(=O)CCC1CCCC1)C(=O)Nc1ccc(F)cc1. The lowest BCUT2D eigenvalue weighted by Gasteiger charge is -2.14. The van der Waals surface area contributed by atoms with Gasteiger partial charge in [0.2, 0.25) is 0 Å². The van der Waals surface area contributed by atoms with E-state index in [4.69, 9.17) is 4.74 Å². The first-order valence-electron chi connectivity index (χ1n) is 7.80. The second-order valence-corrected chi connectivity index (χ2v) is 5.82. The van der Waals surface area contributed by atoms with Gasteiger partial charge in [0.05, 0.1) is 0 Å². The van der Waals surface area contributed by atoms with Crippen LogP contribution in [0.2, 0.25) is 0 Å². The molecule has 1 aliphatic rings. The van der Waals surface area contributed by atoms with Crippen LogP contribution in [0.3, 0.4) is 0 Å². The summed E-state index contributed by atoms with van der Waals surface area (Å²) >= 11 is 0. The molecule has 120 valence electrons. The first-order valence-corrected chi connectivity index (χ1v) is 7.80. The van der Waals surface area contributed by atoms with Crippen LogP contribution < -0.4 is 5.32 Å². The fourth-order valence-electron chi connectivity index (χ4n) is 2.71. The van der Waals surface area contributed by atoms with Crippen molar-refractivity contribution in [1.82, 2.24) is 0 Å². The zero-order valence-corrected chi connectivity index (χ0v) is 12.8. The van der Waals surface area contributed by atoms with E-state index in [0.29, 0.717) is 18.0 Å². The first-order chi connectivity index (χ1) is 10.5. The molecule has 1 amide bonds. The van der Waals surface area contributed by atoms with Crippen LogP contribution in [0.5, 0.6) is 0 Å². The van der Waals surface area contributed by atoms with Crippen molar-refractivity contribution in [3.05, 3.63) is 30.1 Å². The summed E-state index contributed by atoms with van der Waals surface area (Å²) in [6.07, 6.45) is 5.21. The highest BCUT2D eigenvalue weighted by Crippen LogP contribution is 2.28. The number of halogens is 1. The van der Waals surface area contributed by atoms with E-state index < -0.39 is 12.0 Å². The number of hydrogen-bond acceptors (Lipinski definition) is 3. The van der Waals surface area contributed by atoms with Crippen molar-refractivity contribution in [3.63, 3.8) is 0 Å². The molecule has 1 N–H and O–H groups in total. The van der Waals surface area contributed by atoms with Crippen LogP contribution in [0.1, 0.15) is 45.4 Å². The molecule has 0 spiro atoms. The van der Waals surface area contributed by atoms with Crippen molar-refractivity contribution in [2.45, 2.75) is 51.6 Å². The Balaban J connectivity index is 1.72. The largest absolute Gasteiger partial charge is 0.453 e. The van der Waals surface area contributed by atoms with E-state index in [1.807, 2.05) is 0 Å². The molecule has 0 aromatic heterocycles. The molecule has 0 unspecified atom stereocenters. The zero-order valence-electron chi connectivity index (χ0n) is 12.8. The molecular formula is C17H22FNO3. The van der Waals surface area contributed by atoms with E-state index in [-0.39, 0.29) is 11.8 Å². The van der Waals surface area contributed by atoms with Crippen LogP contribution in [0.15, 0.2) is 24.3 Å². The molecule has 1 aromatic carbocycles. The standard InChI is InChI=1S/C17H22FNO3/c1-12(17(21)19-15-9-7-14(18)8-10-15)22-16(20)11-6-13-4-2-3-5-13/h7-10,12-13H,2-6,11H2,1H3,(H,19,21)/t12-/m0/s1. The number of anilines is 1. The van der Waals surface area contributed by atoms with Gasteiger partial charge in [-0.05, 0) is 43.5 Å². The van der Waals surface area contributed by atoms with Gasteiger partial charge in [-0.1, -0.05) is 25.7 Å². The van der Waals surface area contributed by atoms with E-state index in [9.17, 15) is 14.0 Å². The molecule has 0 saturated heterocycles. The lowest BCUT2D eigenvalue weighted by molar-refractivity contribution is -0.153. The first kappa shape index (κ1) is 16.5. The highest BCUT2D eigenvalue weighted by molar-refractivity contribution is 5.95. The van der Waals surface area contributed by atoms with Gasteiger partial charge in [0.25, 0.3) is 5.91 Å². The van der Waals surface area contributed by atoms with E-state index in [0.717, 1.165) is 6.42 Å². The highest BCUT2D eigenvalue weighted by Gasteiger charge is 2.20. The van der Waals surface area contributed by atoms with Gasteiger partial charge < -0.3 is 10.1 Å². The summed E-state index contributed by atoms with van der Waals surface area (Å²) in [5.41, 5.74) is 0.472. The Bertz CT molecular complexity index is 509. The number of hydrogen-bond donors (Lipinski definition) is 1. The number of rotatable bonds is 6. The Labute approximate surface area is 130 Å². The molecule has 0 bridgehead atoms. The summed E-state index contributed by atoms with van der Waals surface area (Å²) in [4.78, 5) is 23.7. The van der Waals surface area contributed by atoms with Crippen molar-refractivity contribution in [1.29, 1.82) is 0 Å². The molecular weight excluding hydrogens is 285 g/mol. The number of nitrogens with one attached hydrogen (secondary N) is 1. The third-order valence-corrected chi connectivity index (χ3v) is 4.02. The highest BCUT2D eigenvalue weighted by atomic mass is 19.1. The van der Waals surface area contributed by atoms with Crippen LogP contribution in [-0.2, 0) is 14.3 Å². The predicted octanol–water partition coefficient (Wildman–Crippen LogP) is 3.67. The molecule has 4 nitrogen and oxygen atoms in total.